The molecule has 0 saturated carbocycles. The normalized spacial score (nSPS) is 10.8. The van der Waals surface area contributed by atoms with Crippen molar-refractivity contribution < 1.29 is 4.79 Å². The maximum Gasteiger partial charge on any atom is 0.248 e. The van der Waals surface area contributed by atoms with Crippen molar-refractivity contribution in [3.05, 3.63) is 51.8 Å². The smallest absolute Gasteiger partial charge is 0.248 e. The highest BCUT2D eigenvalue weighted by molar-refractivity contribution is 7.13. The molecule has 0 unspecified atom stereocenters. The lowest BCUT2D eigenvalue weighted by Crippen LogP contribution is -2.01. The molecule has 3 rings (SSSR count). The Morgan fingerprint density at radius 1 is 1.25 bits per heavy atom. The fraction of sp³-hybridized carbons (Fsp3) is 0.133. The second kappa shape index (κ2) is 5.38. The Kier molecular flexibility index (Phi) is 3.43. The molecule has 3 aromatic rings. The van der Waals surface area contributed by atoms with Crippen LogP contribution in [-0.4, -0.2) is 16.3 Å². The first-order valence-electron chi connectivity index (χ1n) is 6.28. The number of aldehydes is 1. The number of H-pyrrole nitrogens is 1. The number of pyridine rings is 1. The minimum Gasteiger partial charge on any atom is -0.322 e. The zero-order chi connectivity index (χ0) is 13.9. The maximum atomic E-state index is 11.2. The number of benzene rings is 1. The van der Waals surface area contributed by atoms with Crippen molar-refractivity contribution in [3.8, 4) is 10.6 Å². The van der Waals surface area contributed by atoms with Gasteiger partial charge >= 0.3 is 0 Å². The van der Waals surface area contributed by atoms with E-state index in [2.05, 4.69) is 9.97 Å². The van der Waals surface area contributed by atoms with Crippen molar-refractivity contribution in [3.63, 3.8) is 0 Å². The topological polar surface area (TPSA) is 62.8 Å². The van der Waals surface area contributed by atoms with E-state index in [-0.39, 0.29) is 5.56 Å². The summed E-state index contributed by atoms with van der Waals surface area (Å²) in [6.45, 7) is 0. The number of thiazole rings is 1. The van der Waals surface area contributed by atoms with Crippen LogP contribution in [0.3, 0.4) is 0 Å². The van der Waals surface area contributed by atoms with Gasteiger partial charge in [0.05, 0.1) is 5.69 Å². The Morgan fingerprint density at radius 2 is 2.15 bits per heavy atom. The standard InChI is InChI=1S/C15H12N2O2S/c18-7-1-2-12-9-20-15(16-12)11-3-5-13-10(8-11)4-6-14(19)17-13/h3-9H,1-2H2,(H,17,19). The van der Waals surface area contributed by atoms with Crippen LogP contribution in [-0.2, 0) is 11.2 Å². The summed E-state index contributed by atoms with van der Waals surface area (Å²) in [5.74, 6) is 0. The molecule has 0 aliphatic heterocycles. The van der Waals surface area contributed by atoms with Gasteiger partial charge in [-0.1, -0.05) is 0 Å². The van der Waals surface area contributed by atoms with Gasteiger partial charge in [-0.2, -0.15) is 0 Å². The molecule has 0 aliphatic carbocycles. The first kappa shape index (κ1) is 12.7. The number of aromatic amines is 1. The molecule has 5 heteroatoms. The predicted octanol–water partition coefficient (Wildman–Crippen LogP) is 2.78. The average Bonchev–Trinajstić information content (AvgIpc) is 2.93. The van der Waals surface area contributed by atoms with Crippen molar-refractivity contribution in [1.29, 1.82) is 0 Å². The largest absolute Gasteiger partial charge is 0.322 e. The van der Waals surface area contributed by atoms with Crippen LogP contribution in [0.5, 0.6) is 0 Å². The first-order chi connectivity index (χ1) is 9.76. The highest BCUT2D eigenvalue weighted by Crippen LogP contribution is 2.26. The second-order valence-corrected chi connectivity index (χ2v) is 5.33. The zero-order valence-electron chi connectivity index (χ0n) is 10.6. The molecule has 20 heavy (non-hydrogen) atoms. The summed E-state index contributed by atoms with van der Waals surface area (Å²) in [4.78, 5) is 28.9. The van der Waals surface area contributed by atoms with Gasteiger partial charge in [0.1, 0.15) is 11.3 Å². The molecule has 2 aromatic heterocycles. The van der Waals surface area contributed by atoms with E-state index in [4.69, 9.17) is 0 Å². The van der Waals surface area contributed by atoms with E-state index in [1.807, 2.05) is 23.6 Å². The summed E-state index contributed by atoms with van der Waals surface area (Å²) >= 11 is 1.57. The van der Waals surface area contributed by atoms with E-state index in [1.165, 1.54) is 6.07 Å². The number of aryl methyl sites for hydroxylation is 1. The number of nitrogens with zero attached hydrogens (tertiary/aromatic N) is 1. The summed E-state index contributed by atoms with van der Waals surface area (Å²) in [7, 11) is 0. The maximum absolute atomic E-state index is 11.2. The Labute approximate surface area is 119 Å². The molecule has 100 valence electrons. The average molecular weight is 284 g/mol. The molecule has 0 radical (unpaired) electrons. The molecular weight excluding hydrogens is 272 g/mol. The Bertz CT molecular complexity index is 820. The third-order valence-corrected chi connectivity index (χ3v) is 3.98. The van der Waals surface area contributed by atoms with Gasteiger partial charge in [-0.3, -0.25) is 4.79 Å². The third-order valence-electron chi connectivity index (χ3n) is 3.04. The Hall–Kier alpha value is -2.27. The summed E-state index contributed by atoms with van der Waals surface area (Å²) in [6.07, 6.45) is 2.09. The molecule has 0 aliphatic rings. The van der Waals surface area contributed by atoms with E-state index in [1.54, 1.807) is 17.4 Å². The van der Waals surface area contributed by atoms with Crippen molar-refractivity contribution >= 4 is 28.5 Å². The second-order valence-electron chi connectivity index (χ2n) is 4.47. The summed E-state index contributed by atoms with van der Waals surface area (Å²) in [5, 5.41) is 3.89. The van der Waals surface area contributed by atoms with Crippen LogP contribution in [0.15, 0.2) is 40.5 Å². The molecule has 1 aromatic carbocycles. The number of aromatic nitrogens is 2. The highest BCUT2D eigenvalue weighted by atomic mass is 32.1. The van der Waals surface area contributed by atoms with Gasteiger partial charge in [-0.25, -0.2) is 4.98 Å². The molecule has 0 amide bonds. The van der Waals surface area contributed by atoms with Gasteiger partial charge in [0, 0.05) is 28.9 Å². The predicted molar refractivity (Wildman–Crippen MR) is 80.1 cm³/mol. The van der Waals surface area contributed by atoms with Crippen molar-refractivity contribution in [2.75, 3.05) is 0 Å². The number of fused-ring (bicyclic) bond motifs is 1. The zero-order valence-corrected chi connectivity index (χ0v) is 11.4. The molecule has 0 saturated heterocycles. The third kappa shape index (κ3) is 2.53. The van der Waals surface area contributed by atoms with Crippen LogP contribution >= 0.6 is 11.3 Å². The molecule has 0 spiro atoms. The van der Waals surface area contributed by atoms with Crippen LogP contribution in [0.1, 0.15) is 12.1 Å². The molecule has 0 bridgehead atoms. The number of nitrogens with one attached hydrogen (secondary N) is 1. The molecule has 0 fully saturated rings. The van der Waals surface area contributed by atoms with Gasteiger partial charge in [0.2, 0.25) is 5.56 Å². The van der Waals surface area contributed by atoms with E-state index >= 15 is 0 Å². The fourth-order valence-electron chi connectivity index (χ4n) is 2.05. The minimum absolute atomic E-state index is 0.101. The minimum atomic E-state index is -0.101. The lowest BCUT2D eigenvalue weighted by Gasteiger charge is -2.00. The molecule has 2 heterocycles. The quantitative estimate of drug-likeness (QED) is 0.749. The van der Waals surface area contributed by atoms with Crippen LogP contribution in [0.2, 0.25) is 0 Å². The number of hydrogen-bond donors (Lipinski definition) is 1. The summed E-state index contributed by atoms with van der Waals surface area (Å²) in [5.41, 5.74) is 2.68. The molecular formula is C15H12N2O2S. The van der Waals surface area contributed by atoms with Crippen LogP contribution in [0, 0.1) is 0 Å². The fourth-order valence-corrected chi connectivity index (χ4v) is 2.90. The molecule has 0 atom stereocenters. The van der Waals surface area contributed by atoms with Crippen molar-refractivity contribution in [2.45, 2.75) is 12.8 Å². The van der Waals surface area contributed by atoms with Crippen LogP contribution < -0.4 is 5.56 Å². The first-order valence-corrected chi connectivity index (χ1v) is 7.16. The van der Waals surface area contributed by atoms with E-state index < -0.39 is 0 Å². The lowest BCUT2D eigenvalue weighted by atomic mass is 10.1. The Balaban J connectivity index is 1.97. The molecule has 4 nitrogen and oxygen atoms in total. The number of carbonyl (C=O) groups excluding carboxylic acids is 1. The van der Waals surface area contributed by atoms with Crippen molar-refractivity contribution in [2.24, 2.45) is 0 Å². The van der Waals surface area contributed by atoms with Crippen LogP contribution in [0.25, 0.3) is 21.5 Å². The van der Waals surface area contributed by atoms with Gasteiger partial charge in [0.25, 0.3) is 0 Å². The summed E-state index contributed by atoms with van der Waals surface area (Å²) < 4.78 is 0. The van der Waals surface area contributed by atoms with E-state index in [0.717, 1.165) is 33.5 Å². The van der Waals surface area contributed by atoms with Crippen molar-refractivity contribution in [1.82, 2.24) is 9.97 Å². The SMILES string of the molecule is O=CCCc1csc(-c2ccc3[nH]c(=O)ccc3c2)n1. The van der Waals surface area contributed by atoms with Gasteiger partial charge in [-0.15, -0.1) is 11.3 Å². The van der Waals surface area contributed by atoms with Gasteiger partial charge in [-0.05, 0) is 36.1 Å². The lowest BCUT2D eigenvalue weighted by molar-refractivity contribution is -0.107. The van der Waals surface area contributed by atoms with E-state index in [9.17, 15) is 9.59 Å². The Morgan fingerprint density at radius 3 is 3.00 bits per heavy atom. The summed E-state index contributed by atoms with van der Waals surface area (Å²) in [6, 6.07) is 9.16. The van der Waals surface area contributed by atoms with Gasteiger partial charge in [0.15, 0.2) is 0 Å². The number of hydrogen-bond acceptors (Lipinski definition) is 4. The molecule has 1 N–H and O–H groups in total. The monoisotopic (exact) mass is 284 g/mol. The van der Waals surface area contributed by atoms with Gasteiger partial charge < -0.3 is 9.78 Å². The number of rotatable bonds is 4. The number of carbonyl (C=O) groups is 1. The highest BCUT2D eigenvalue weighted by Gasteiger charge is 2.06. The van der Waals surface area contributed by atoms with E-state index in [0.29, 0.717) is 12.8 Å². The van der Waals surface area contributed by atoms with Crippen LogP contribution in [0.4, 0.5) is 0 Å².